The Balaban J connectivity index is 1.78. The highest BCUT2D eigenvalue weighted by atomic mass is 32.1. The predicted octanol–water partition coefficient (Wildman–Crippen LogP) is 1.89. The van der Waals surface area contributed by atoms with Crippen LogP contribution in [0.5, 0.6) is 5.75 Å². The van der Waals surface area contributed by atoms with Crippen LogP contribution >= 0.6 is 11.3 Å². The zero-order chi connectivity index (χ0) is 19.4. The third kappa shape index (κ3) is 4.70. The maximum Gasteiger partial charge on any atom is 0.381 e. The van der Waals surface area contributed by atoms with Gasteiger partial charge in [0.25, 0.3) is 5.91 Å². The third-order valence-corrected chi connectivity index (χ3v) is 4.25. The van der Waals surface area contributed by atoms with E-state index in [2.05, 4.69) is 25.8 Å². The lowest BCUT2D eigenvalue weighted by atomic mass is 10.3. The number of rotatable bonds is 7. The Morgan fingerprint density at radius 3 is 2.93 bits per heavy atom. The molecule has 1 aliphatic rings. The van der Waals surface area contributed by atoms with Crippen molar-refractivity contribution in [1.82, 2.24) is 10.2 Å². The van der Waals surface area contributed by atoms with Crippen molar-refractivity contribution in [3.8, 4) is 5.75 Å². The Morgan fingerprint density at radius 2 is 2.26 bits per heavy atom. The molecule has 0 radical (unpaired) electrons. The molecule has 10 nitrogen and oxygen atoms in total. The number of allylic oxidation sites excluding steroid dienone is 1. The molecule has 0 atom stereocenters. The molecule has 0 saturated heterocycles. The first kappa shape index (κ1) is 18.6. The van der Waals surface area contributed by atoms with E-state index in [0.29, 0.717) is 16.5 Å². The van der Waals surface area contributed by atoms with Gasteiger partial charge in [0, 0.05) is 17.8 Å². The van der Waals surface area contributed by atoms with E-state index < -0.39 is 11.5 Å². The molecule has 4 N–H and O–H groups in total. The number of aromatic nitrogens is 2. The Bertz CT molecular complexity index is 960. The maximum absolute atomic E-state index is 12.4. The second-order valence-electron chi connectivity index (χ2n) is 5.72. The van der Waals surface area contributed by atoms with E-state index >= 15 is 0 Å². The molecule has 27 heavy (non-hydrogen) atoms. The van der Waals surface area contributed by atoms with E-state index in [-0.39, 0.29) is 22.7 Å². The lowest BCUT2D eigenvalue weighted by molar-refractivity contribution is 0.0991. The van der Waals surface area contributed by atoms with E-state index in [1.807, 2.05) is 0 Å². The highest BCUT2D eigenvalue weighted by Gasteiger charge is 2.25. The van der Waals surface area contributed by atoms with Crippen LogP contribution in [0.2, 0.25) is 0 Å². The average Bonchev–Trinajstić information content (AvgIpc) is 3.33. The van der Waals surface area contributed by atoms with E-state index in [4.69, 9.17) is 14.9 Å². The monoisotopic (exact) mass is 390 g/mol. The molecule has 1 fully saturated rings. The van der Waals surface area contributed by atoms with Crippen LogP contribution in [0.1, 0.15) is 30.3 Å². The van der Waals surface area contributed by atoms with Crippen molar-refractivity contribution < 1.29 is 13.9 Å². The van der Waals surface area contributed by atoms with Crippen LogP contribution in [0.25, 0.3) is 0 Å². The van der Waals surface area contributed by atoms with Crippen molar-refractivity contribution in [1.29, 1.82) is 0 Å². The van der Waals surface area contributed by atoms with Crippen molar-refractivity contribution >= 4 is 38.9 Å². The molecular weight excluding hydrogens is 372 g/mol. The fourth-order valence-electron chi connectivity index (χ4n) is 2.14. The van der Waals surface area contributed by atoms with E-state index in [1.165, 1.54) is 19.4 Å². The fraction of sp³-hybridized carbons (Fsp3) is 0.312. The molecule has 1 saturated carbocycles. The van der Waals surface area contributed by atoms with Crippen LogP contribution in [0, 0.1) is 0 Å². The van der Waals surface area contributed by atoms with Gasteiger partial charge in [0.1, 0.15) is 0 Å². The third-order valence-electron chi connectivity index (χ3n) is 3.52. The molecule has 1 aliphatic carbocycles. The highest BCUT2D eigenvalue weighted by Crippen LogP contribution is 2.30. The molecule has 3 rings (SSSR count). The van der Waals surface area contributed by atoms with Crippen molar-refractivity contribution in [2.45, 2.75) is 25.8 Å². The Labute approximate surface area is 158 Å². The summed E-state index contributed by atoms with van der Waals surface area (Å²) >= 11 is 1.07. The summed E-state index contributed by atoms with van der Waals surface area (Å²) in [6.07, 6.45) is 4.97. The van der Waals surface area contributed by atoms with Gasteiger partial charge in [-0.3, -0.25) is 10.1 Å². The number of amides is 1. The number of carbonyl (C=O) groups is 1. The summed E-state index contributed by atoms with van der Waals surface area (Å²) in [7, 11) is 1.37. The second kappa shape index (κ2) is 7.99. The van der Waals surface area contributed by atoms with Gasteiger partial charge in [-0.25, -0.2) is 9.79 Å². The summed E-state index contributed by atoms with van der Waals surface area (Å²) in [6, 6.07) is 1.70. The smallest absolute Gasteiger partial charge is 0.381 e. The van der Waals surface area contributed by atoms with Gasteiger partial charge < -0.3 is 20.2 Å². The summed E-state index contributed by atoms with van der Waals surface area (Å²) in [5.41, 5.74) is 5.63. The average molecular weight is 390 g/mol. The van der Waals surface area contributed by atoms with Gasteiger partial charge in [0.2, 0.25) is 16.0 Å². The Kier molecular flexibility index (Phi) is 5.50. The first-order valence-corrected chi connectivity index (χ1v) is 8.89. The van der Waals surface area contributed by atoms with E-state index in [9.17, 15) is 9.59 Å². The molecule has 2 aromatic heterocycles. The SMILES string of the molecule is COc1c(NC2CC2)cc(C(=O)Nc2nnc(N=C(C)C=CN)s2)oc1=O. The van der Waals surface area contributed by atoms with Crippen molar-refractivity contribution in [3.05, 3.63) is 34.5 Å². The minimum atomic E-state index is -0.736. The molecule has 0 aliphatic heterocycles. The van der Waals surface area contributed by atoms with Crippen LogP contribution in [-0.4, -0.2) is 35.0 Å². The highest BCUT2D eigenvalue weighted by molar-refractivity contribution is 7.18. The number of hydrogen-bond acceptors (Lipinski definition) is 10. The normalized spacial score (nSPS) is 14.4. The molecule has 142 valence electrons. The number of methoxy groups -OCH3 is 1. The van der Waals surface area contributed by atoms with E-state index in [0.717, 1.165) is 24.2 Å². The summed E-state index contributed by atoms with van der Waals surface area (Å²) in [5.74, 6) is -0.750. The summed E-state index contributed by atoms with van der Waals surface area (Å²) in [4.78, 5) is 28.7. The van der Waals surface area contributed by atoms with Crippen LogP contribution in [0.4, 0.5) is 16.0 Å². The number of aliphatic imine (C=N–C) groups is 1. The summed E-state index contributed by atoms with van der Waals surface area (Å²) < 4.78 is 10.1. The summed E-state index contributed by atoms with van der Waals surface area (Å²) in [5, 5.41) is 14.0. The first-order chi connectivity index (χ1) is 13.0. The van der Waals surface area contributed by atoms with Crippen LogP contribution < -0.4 is 26.7 Å². The van der Waals surface area contributed by atoms with E-state index in [1.54, 1.807) is 13.0 Å². The van der Waals surface area contributed by atoms with Crippen molar-refractivity contribution in [2.75, 3.05) is 17.7 Å². The molecular formula is C16H18N6O4S. The molecule has 11 heteroatoms. The van der Waals surface area contributed by atoms with Gasteiger partial charge in [-0.15, -0.1) is 10.2 Å². The van der Waals surface area contributed by atoms with Gasteiger partial charge >= 0.3 is 5.63 Å². The number of nitrogens with two attached hydrogens (primary N) is 1. The molecule has 2 heterocycles. The quantitative estimate of drug-likeness (QED) is 0.608. The van der Waals surface area contributed by atoms with Crippen LogP contribution in [-0.2, 0) is 0 Å². The zero-order valence-corrected chi connectivity index (χ0v) is 15.5. The van der Waals surface area contributed by atoms with Gasteiger partial charge in [0.15, 0.2) is 5.76 Å². The standard InChI is InChI=1S/C16H18N6O4S/c1-8(5-6-17)18-15-21-22-16(27-15)20-13(23)11-7-10(19-9-3-4-9)12(25-2)14(24)26-11/h5-7,9,19H,3-4,17H2,1-2H3,(H,20,22,23). The zero-order valence-electron chi connectivity index (χ0n) is 14.7. The topological polar surface area (TPSA) is 145 Å². The largest absolute Gasteiger partial charge is 0.488 e. The van der Waals surface area contributed by atoms with Gasteiger partial charge in [-0.2, -0.15) is 0 Å². The van der Waals surface area contributed by atoms with Gasteiger partial charge in [0.05, 0.1) is 12.8 Å². The molecule has 0 unspecified atom stereocenters. The first-order valence-electron chi connectivity index (χ1n) is 8.07. The Morgan fingerprint density at radius 1 is 1.48 bits per heavy atom. The Hall–Kier alpha value is -3.21. The second-order valence-corrected chi connectivity index (χ2v) is 6.68. The minimum Gasteiger partial charge on any atom is -0.488 e. The van der Waals surface area contributed by atoms with Gasteiger partial charge in [-0.05, 0) is 32.0 Å². The van der Waals surface area contributed by atoms with Crippen LogP contribution in [0.3, 0.4) is 0 Å². The van der Waals surface area contributed by atoms with Crippen molar-refractivity contribution in [2.24, 2.45) is 10.7 Å². The number of nitrogens with zero attached hydrogens (tertiary/aromatic N) is 3. The van der Waals surface area contributed by atoms with Gasteiger partial charge in [-0.1, -0.05) is 11.3 Å². The molecule has 1 amide bonds. The number of hydrogen-bond donors (Lipinski definition) is 3. The lowest BCUT2D eigenvalue weighted by Crippen LogP contribution is -2.17. The fourth-order valence-corrected chi connectivity index (χ4v) is 2.81. The number of carbonyl (C=O) groups excluding carboxylic acids is 1. The number of nitrogens with one attached hydrogen (secondary N) is 2. The molecule has 0 spiro atoms. The number of ether oxygens (including phenoxy) is 1. The number of anilines is 2. The maximum atomic E-state index is 12.4. The van der Waals surface area contributed by atoms with Crippen molar-refractivity contribution in [3.63, 3.8) is 0 Å². The lowest BCUT2D eigenvalue weighted by Gasteiger charge is -2.10. The molecule has 0 bridgehead atoms. The minimum absolute atomic E-state index is 0.0365. The molecule has 2 aromatic rings. The molecule has 0 aromatic carbocycles. The predicted molar refractivity (Wildman–Crippen MR) is 102 cm³/mol. The van der Waals surface area contributed by atoms with Crippen LogP contribution in [0.15, 0.2) is 32.5 Å². The summed E-state index contributed by atoms with van der Waals surface area (Å²) in [6.45, 7) is 1.75.